The highest BCUT2D eigenvalue weighted by Crippen LogP contribution is 2.50. The molecule has 1 amide bonds. The van der Waals surface area contributed by atoms with Crippen LogP contribution in [0.5, 0.6) is 5.88 Å². The Hall–Kier alpha value is -2.11. The Morgan fingerprint density at radius 1 is 1.23 bits per heavy atom. The minimum atomic E-state index is -0.642. The number of rotatable bonds is 10. The molecule has 2 N–H and O–H groups in total. The van der Waals surface area contributed by atoms with E-state index < -0.39 is 6.10 Å². The lowest BCUT2D eigenvalue weighted by Crippen LogP contribution is -2.47. The van der Waals surface area contributed by atoms with Crippen molar-refractivity contribution in [3.05, 3.63) is 58.2 Å². The van der Waals surface area contributed by atoms with Gasteiger partial charge in [-0.25, -0.2) is 4.98 Å². The van der Waals surface area contributed by atoms with Crippen LogP contribution in [0, 0.1) is 5.92 Å². The van der Waals surface area contributed by atoms with Gasteiger partial charge in [-0.15, -0.1) is 0 Å². The van der Waals surface area contributed by atoms with E-state index in [0.717, 1.165) is 43.5 Å². The fourth-order valence-corrected chi connectivity index (χ4v) is 5.58. The van der Waals surface area contributed by atoms with Gasteiger partial charge < -0.3 is 15.2 Å². The maximum atomic E-state index is 12.2. The highest BCUT2D eigenvalue weighted by molar-refractivity contribution is 6.30. The molecule has 0 unspecified atom stereocenters. The molecule has 3 atom stereocenters. The number of pyridine rings is 1. The number of amides is 1. The predicted molar refractivity (Wildman–Crippen MR) is 140 cm³/mol. The largest absolute Gasteiger partial charge is 0.471 e. The van der Waals surface area contributed by atoms with E-state index in [4.69, 9.17) is 21.3 Å². The fourth-order valence-electron chi connectivity index (χ4n) is 5.46. The molecule has 1 spiro atoms. The zero-order chi connectivity index (χ0) is 25.0. The fraction of sp³-hybridized carbons (Fsp3) is 0.586. The van der Waals surface area contributed by atoms with E-state index in [9.17, 15) is 9.90 Å². The molecule has 2 aliphatic rings. The van der Waals surface area contributed by atoms with Crippen LogP contribution in [-0.4, -0.2) is 33.7 Å². The van der Waals surface area contributed by atoms with Gasteiger partial charge in [0, 0.05) is 23.2 Å². The number of aliphatic hydroxyl groups excluding tert-OH is 1. The van der Waals surface area contributed by atoms with Crippen molar-refractivity contribution in [1.29, 1.82) is 0 Å². The summed E-state index contributed by atoms with van der Waals surface area (Å²) in [7, 11) is 0. The molecule has 1 aromatic heterocycles. The molecule has 190 valence electrons. The minimum absolute atomic E-state index is 0.0460. The van der Waals surface area contributed by atoms with Gasteiger partial charge in [0.2, 0.25) is 11.8 Å². The maximum Gasteiger partial charge on any atom is 0.220 e. The van der Waals surface area contributed by atoms with Crippen molar-refractivity contribution in [3.63, 3.8) is 0 Å². The lowest BCUT2D eigenvalue weighted by Gasteiger charge is -2.47. The number of nitrogens with zero attached hydrogens (tertiary/aromatic N) is 1. The van der Waals surface area contributed by atoms with Crippen LogP contribution in [0.25, 0.3) is 0 Å². The van der Waals surface area contributed by atoms with Crippen LogP contribution in [0.2, 0.25) is 5.02 Å². The van der Waals surface area contributed by atoms with Crippen LogP contribution in [0.4, 0.5) is 0 Å². The van der Waals surface area contributed by atoms with Gasteiger partial charge in [-0.3, -0.25) is 4.79 Å². The lowest BCUT2D eigenvalue weighted by atomic mass is 9.70. The maximum absolute atomic E-state index is 12.2. The van der Waals surface area contributed by atoms with Gasteiger partial charge in [-0.2, -0.15) is 0 Å². The number of aromatic nitrogens is 1. The third-order valence-electron chi connectivity index (χ3n) is 7.53. The van der Waals surface area contributed by atoms with E-state index >= 15 is 0 Å². The molecule has 1 aliphatic heterocycles. The van der Waals surface area contributed by atoms with Crippen molar-refractivity contribution >= 4 is 17.5 Å². The topological polar surface area (TPSA) is 71.5 Å². The van der Waals surface area contributed by atoms with Crippen LogP contribution < -0.4 is 10.1 Å². The molecular weight excluding hydrogens is 460 g/mol. The van der Waals surface area contributed by atoms with Crippen molar-refractivity contribution in [2.24, 2.45) is 5.92 Å². The molecule has 4 rings (SSSR count). The quantitative estimate of drug-likeness (QED) is 0.421. The molecule has 0 saturated heterocycles. The third-order valence-corrected chi connectivity index (χ3v) is 7.78. The van der Waals surface area contributed by atoms with Crippen molar-refractivity contribution in [3.8, 4) is 5.88 Å². The van der Waals surface area contributed by atoms with Crippen LogP contribution in [0.15, 0.2) is 36.5 Å². The number of nitrogens with one attached hydrogen (secondary N) is 1. The standard InChI is InChI=1S/C29H39ClN2O3/c1-4-27(34)32-25(16-20-6-9-23(30)10-7-20)26(33)11-8-22-17-29(12-5-13-29)35-28-24(22)15-21(18-31-28)14-19(2)3/h6-7,9-10,15,18-19,22,25-26,33H,4-5,8,11-14,16-17H2,1-3H3,(H,32,34)/t22-,25-,26+/m0/s1. The predicted octanol–water partition coefficient (Wildman–Crippen LogP) is 6.00. The van der Waals surface area contributed by atoms with Crippen molar-refractivity contribution in [2.45, 2.75) is 102 Å². The van der Waals surface area contributed by atoms with Gasteiger partial charge in [0.15, 0.2) is 0 Å². The zero-order valence-corrected chi connectivity index (χ0v) is 22.0. The Bertz CT molecular complexity index is 1000. The second-order valence-corrected chi connectivity index (χ2v) is 11.3. The normalized spacial score (nSPS) is 20.0. The van der Waals surface area contributed by atoms with Gasteiger partial charge in [0.05, 0.1) is 12.1 Å². The Labute approximate surface area is 214 Å². The Kier molecular flexibility index (Phi) is 8.38. The van der Waals surface area contributed by atoms with Crippen molar-refractivity contribution in [2.75, 3.05) is 0 Å². The summed E-state index contributed by atoms with van der Waals surface area (Å²) < 4.78 is 6.41. The molecule has 2 aromatic rings. The van der Waals surface area contributed by atoms with Crippen LogP contribution in [0.3, 0.4) is 0 Å². The van der Waals surface area contributed by atoms with E-state index in [1.807, 2.05) is 37.4 Å². The number of ether oxygens (including phenoxy) is 1. The molecule has 6 heteroatoms. The van der Waals surface area contributed by atoms with Crippen LogP contribution >= 0.6 is 11.6 Å². The van der Waals surface area contributed by atoms with E-state index in [1.165, 1.54) is 17.5 Å². The van der Waals surface area contributed by atoms with E-state index in [0.29, 0.717) is 36.1 Å². The van der Waals surface area contributed by atoms with Crippen molar-refractivity contribution in [1.82, 2.24) is 10.3 Å². The average Bonchev–Trinajstić information content (AvgIpc) is 2.81. The minimum Gasteiger partial charge on any atom is -0.471 e. The first-order valence-corrected chi connectivity index (χ1v) is 13.5. The molecule has 1 aromatic carbocycles. The SMILES string of the molecule is CCC(=O)N[C@@H](Cc1ccc(Cl)cc1)[C@H](O)CC[C@H]1CC2(CCC2)Oc2ncc(CC(C)C)cc21. The average molecular weight is 499 g/mol. The molecule has 1 aliphatic carbocycles. The van der Waals surface area contributed by atoms with Gasteiger partial charge in [-0.1, -0.05) is 44.5 Å². The summed E-state index contributed by atoms with van der Waals surface area (Å²) in [5, 5.41) is 15.0. The first-order valence-electron chi connectivity index (χ1n) is 13.2. The van der Waals surface area contributed by atoms with Gasteiger partial charge in [0.1, 0.15) is 5.60 Å². The highest BCUT2D eigenvalue weighted by atomic mass is 35.5. The number of hydrogen-bond donors (Lipinski definition) is 2. The van der Waals surface area contributed by atoms with E-state index in [1.54, 1.807) is 0 Å². The Balaban J connectivity index is 1.49. The summed E-state index contributed by atoms with van der Waals surface area (Å²) in [6.45, 7) is 6.27. The number of fused-ring (bicyclic) bond motifs is 1. The number of benzene rings is 1. The Morgan fingerprint density at radius 2 is 1.97 bits per heavy atom. The van der Waals surface area contributed by atoms with Gasteiger partial charge >= 0.3 is 0 Å². The molecule has 0 radical (unpaired) electrons. The molecule has 35 heavy (non-hydrogen) atoms. The highest BCUT2D eigenvalue weighted by Gasteiger charge is 2.46. The lowest BCUT2D eigenvalue weighted by molar-refractivity contribution is -0.122. The van der Waals surface area contributed by atoms with E-state index in [2.05, 4.69) is 25.2 Å². The summed E-state index contributed by atoms with van der Waals surface area (Å²) >= 11 is 6.04. The molecule has 5 nitrogen and oxygen atoms in total. The number of hydrogen-bond acceptors (Lipinski definition) is 4. The third kappa shape index (κ3) is 6.56. The number of carbonyl (C=O) groups is 1. The molecular formula is C29H39ClN2O3. The zero-order valence-electron chi connectivity index (χ0n) is 21.2. The summed E-state index contributed by atoms with van der Waals surface area (Å²) in [6, 6.07) is 9.54. The first-order chi connectivity index (χ1) is 16.8. The Morgan fingerprint density at radius 3 is 2.60 bits per heavy atom. The molecule has 1 fully saturated rings. The second-order valence-electron chi connectivity index (χ2n) is 10.9. The molecule has 0 bridgehead atoms. The molecule has 1 saturated carbocycles. The van der Waals surface area contributed by atoms with Gasteiger partial charge in [-0.05, 0) is 92.5 Å². The first kappa shape index (κ1) is 26.0. The summed E-state index contributed by atoms with van der Waals surface area (Å²) in [6.07, 6.45) is 9.05. The number of carbonyl (C=O) groups excluding carboxylic acids is 1. The van der Waals surface area contributed by atoms with Crippen molar-refractivity contribution < 1.29 is 14.6 Å². The van der Waals surface area contributed by atoms with Crippen LogP contribution in [0.1, 0.15) is 88.3 Å². The summed E-state index contributed by atoms with van der Waals surface area (Å²) in [5.74, 6) is 1.59. The van der Waals surface area contributed by atoms with Crippen LogP contribution in [-0.2, 0) is 17.6 Å². The summed E-state index contributed by atoms with van der Waals surface area (Å²) in [5.41, 5.74) is 3.38. The van der Waals surface area contributed by atoms with E-state index in [-0.39, 0.29) is 17.6 Å². The second kappa shape index (κ2) is 11.3. The number of halogens is 1. The number of aliphatic hydroxyl groups is 1. The monoisotopic (exact) mass is 498 g/mol. The smallest absolute Gasteiger partial charge is 0.220 e. The molecule has 2 heterocycles. The summed E-state index contributed by atoms with van der Waals surface area (Å²) in [4.78, 5) is 17.0. The van der Waals surface area contributed by atoms with Gasteiger partial charge in [0.25, 0.3) is 0 Å².